The number of aryl methyl sites for hydroxylation is 1. The minimum Gasteiger partial charge on any atom is -0.389 e. The van der Waals surface area contributed by atoms with Crippen LogP contribution in [0.15, 0.2) is 18.2 Å². The second kappa shape index (κ2) is 6.64. The SMILES string of the molecule is CCn1nnc2cc(C(=O)N(C)CC(O)COC)ccc21. The molecule has 7 nitrogen and oxygen atoms in total. The van der Waals surface area contributed by atoms with E-state index in [1.54, 1.807) is 23.9 Å². The van der Waals surface area contributed by atoms with Gasteiger partial charge in [-0.25, -0.2) is 4.68 Å². The Kier molecular flexibility index (Phi) is 4.87. The number of methoxy groups -OCH3 is 1. The number of aliphatic hydroxyl groups is 1. The molecule has 1 atom stereocenters. The summed E-state index contributed by atoms with van der Waals surface area (Å²) < 4.78 is 6.63. The highest BCUT2D eigenvalue weighted by molar-refractivity contribution is 5.97. The van der Waals surface area contributed by atoms with Crippen LogP contribution in [0.1, 0.15) is 17.3 Å². The molecule has 0 fully saturated rings. The first-order chi connectivity index (χ1) is 10.1. The molecule has 1 N–H and O–H groups in total. The minimum absolute atomic E-state index is 0.168. The molecule has 2 aromatic rings. The van der Waals surface area contributed by atoms with Gasteiger partial charge in [0.15, 0.2) is 0 Å². The smallest absolute Gasteiger partial charge is 0.253 e. The number of likely N-dealkylation sites (N-methyl/N-ethyl adjacent to an activating group) is 1. The van der Waals surface area contributed by atoms with E-state index in [9.17, 15) is 9.90 Å². The quantitative estimate of drug-likeness (QED) is 0.840. The molecule has 0 spiro atoms. The van der Waals surface area contributed by atoms with E-state index in [1.807, 2.05) is 13.0 Å². The summed E-state index contributed by atoms with van der Waals surface area (Å²) in [6, 6.07) is 5.31. The van der Waals surface area contributed by atoms with Gasteiger partial charge in [0.1, 0.15) is 5.52 Å². The third kappa shape index (κ3) is 3.37. The van der Waals surface area contributed by atoms with Gasteiger partial charge in [-0.1, -0.05) is 5.21 Å². The lowest BCUT2D eigenvalue weighted by Gasteiger charge is -2.20. The Bertz CT molecular complexity index is 626. The molecule has 0 aliphatic rings. The number of aliphatic hydroxyl groups excluding tert-OH is 1. The fourth-order valence-electron chi connectivity index (χ4n) is 2.20. The molecular weight excluding hydrogens is 272 g/mol. The number of aromatic nitrogens is 3. The average molecular weight is 292 g/mol. The zero-order valence-electron chi connectivity index (χ0n) is 12.5. The normalized spacial score (nSPS) is 12.6. The van der Waals surface area contributed by atoms with Crippen LogP contribution in [-0.4, -0.2) is 64.3 Å². The van der Waals surface area contributed by atoms with Crippen LogP contribution in [0.5, 0.6) is 0 Å². The lowest BCUT2D eigenvalue weighted by molar-refractivity contribution is 0.0380. The van der Waals surface area contributed by atoms with E-state index in [0.717, 1.165) is 12.1 Å². The van der Waals surface area contributed by atoms with Crippen molar-refractivity contribution in [1.82, 2.24) is 19.9 Å². The summed E-state index contributed by atoms with van der Waals surface area (Å²) in [6.45, 7) is 3.12. The van der Waals surface area contributed by atoms with Crippen LogP contribution in [0, 0.1) is 0 Å². The summed E-state index contributed by atoms with van der Waals surface area (Å²) in [5.74, 6) is -0.168. The standard InChI is InChI=1S/C14H20N4O3/c1-4-18-13-6-5-10(7-12(13)15-16-18)14(20)17(2)8-11(19)9-21-3/h5-7,11,19H,4,8-9H2,1-3H3. The van der Waals surface area contributed by atoms with Crippen molar-refractivity contribution in [3.63, 3.8) is 0 Å². The Hall–Kier alpha value is -1.99. The van der Waals surface area contributed by atoms with Crippen LogP contribution >= 0.6 is 0 Å². The molecular formula is C14H20N4O3. The summed E-state index contributed by atoms with van der Waals surface area (Å²) in [6.07, 6.45) is -0.700. The van der Waals surface area contributed by atoms with Gasteiger partial charge in [-0.05, 0) is 25.1 Å². The first kappa shape index (κ1) is 15.4. The molecule has 1 aromatic carbocycles. The molecule has 7 heteroatoms. The van der Waals surface area contributed by atoms with E-state index in [-0.39, 0.29) is 19.1 Å². The van der Waals surface area contributed by atoms with E-state index < -0.39 is 6.10 Å². The monoisotopic (exact) mass is 292 g/mol. The van der Waals surface area contributed by atoms with Gasteiger partial charge in [-0.2, -0.15) is 0 Å². The Labute approximate surface area is 123 Å². The molecule has 0 aliphatic heterocycles. The number of amides is 1. The van der Waals surface area contributed by atoms with Gasteiger partial charge in [0.05, 0.1) is 18.2 Å². The highest BCUT2D eigenvalue weighted by Crippen LogP contribution is 2.14. The van der Waals surface area contributed by atoms with Crippen molar-refractivity contribution in [3.05, 3.63) is 23.8 Å². The zero-order valence-corrected chi connectivity index (χ0v) is 12.5. The van der Waals surface area contributed by atoms with Gasteiger partial charge in [-0.3, -0.25) is 4.79 Å². The molecule has 1 heterocycles. The number of hydrogen-bond acceptors (Lipinski definition) is 5. The van der Waals surface area contributed by atoms with Crippen molar-refractivity contribution >= 4 is 16.9 Å². The first-order valence-corrected chi connectivity index (χ1v) is 6.82. The first-order valence-electron chi connectivity index (χ1n) is 6.82. The summed E-state index contributed by atoms with van der Waals surface area (Å²) in [5, 5.41) is 17.7. The number of carbonyl (C=O) groups is 1. The molecule has 2 rings (SSSR count). The molecule has 0 aliphatic carbocycles. The molecule has 0 bridgehead atoms. The van der Waals surface area contributed by atoms with E-state index in [2.05, 4.69) is 10.3 Å². The second-order valence-corrected chi connectivity index (χ2v) is 4.90. The van der Waals surface area contributed by atoms with Gasteiger partial charge in [0, 0.05) is 32.8 Å². The zero-order chi connectivity index (χ0) is 15.4. The van der Waals surface area contributed by atoms with E-state index in [0.29, 0.717) is 11.1 Å². The number of carbonyl (C=O) groups excluding carboxylic acids is 1. The third-order valence-electron chi connectivity index (χ3n) is 3.25. The van der Waals surface area contributed by atoms with Crippen LogP contribution in [0.3, 0.4) is 0 Å². The van der Waals surface area contributed by atoms with Gasteiger partial charge < -0.3 is 14.7 Å². The van der Waals surface area contributed by atoms with Gasteiger partial charge >= 0.3 is 0 Å². The van der Waals surface area contributed by atoms with E-state index in [4.69, 9.17) is 4.74 Å². The summed E-state index contributed by atoms with van der Waals surface area (Å²) in [5.41, 5.74) is 2.11. The highest BCUT2D eigenvalue weighted by Gasteiger charge is 2.16. The predicted molar refractivity (Wildman–Crippen MR) is 78.0 cm³/mol. The molecule has 21 heavy (non-hydrogen) atoms. The molecule has 1 amide bonds. The molecule has 1 aromatic heterocycles. The van der Waals surface area contributed by atoms with Crippen molar-refractivity contribution in [2.45, 2.75) is 19.6 Å². The molecule has 0 saturated heterocycles. The lowest BCUT2D eigenvalue weighted by Crippen LogP contribution is -2.36. The highest BCUT2D eigenvalue weighted by atomic mass is 16.5. The van der Waals surface area contributed by atoms with Gasteiger partial charge in [0.25, 0.3) is 5.91 Å². The number of hydrogen-bond donors (Lipinski definition) is 1. The average Bonchev–Trinajstić information content (AvgIpc) is 2.88. The minimum atomic E-state index is -0.700. The Morgan fingerprint density at radius 3 is 2.95 bits per heavy atom. The molecule has 0 saturated carbocycles. The Morgan fingerprint density at radius 2 is 2.29 bits per heavy atom. The number of fused-ring (bicyclic) bond motifs is 1. The predicted octanol–water partition coefficient (Wildman–Crippen LogP) is 0.530. The fourth-order valence-corrected chi connectivity index (χ4v) is 2.20. The number of ether oxygens (including phenoxy) is 1. The van der Waals surface area contributed by atoms with Crippen molar-refractivity contribution in [2.75, 3.05) is 27.3 Å². The maximum absolute atomic E-state index is 12.3. The molecule has 0 radical (unpaired) electrons. The third-order valence-corrected chi connectivity index (χ3v) is 3.25. The van der Waals surface area contributed by atoms with Crippen molar-refractivity contribution in [3.8, 4) is 0 Å². The van der Waals surface area contributed by atoms with Crippen molar-refractivity contribution in [2.24, 2.45) is 0 Å². The maximum Gasteiger partial charge on any atom is 0.253 e. The topological polar surface area (TPSA) is 80.5 Å². The van der Waals surface area contributed by atoms with Crippen LogP contribution in [-0.2, 0) is 11.3 Å². The van der Waals surface area contributed by atoms with E-state index in [1.165, 1.54) is 12.0 Å². The Morgan fingerprint density at radius 1 is 1.52 bits per heavy atom. The van der Waals surface area contributed by atoms with Gasteiger partial charge in [-0.15, -0.1) is 5.10 Å². The molecule has 114 valence electrons. The summed E-state index contributed by atoms with van der Waals surface area (Å²) in [7, 11) is 3.16. The number of nitrogens with zero attached hydrogens (tertiary/aromatic N) is 4. The second-order valence-electron chi connectivity index (χ2n) is 4.90. The largest absolute Gasteiger partial charge is 0.389 e. The maximum atomic E-state index is 12.3. The van der Waals surface area contributed by atoms with Crippen molar-refractivity contribution in [1.29, 1.82) is 0 Å². The number of benzene rings is 1. The fraction of sp³-hybridized carbons (Fsp3) is 0.500. The van der Waals surface area contributed by atoms with Crippen LogP contribution in [0.25, 0.3) is 11.0 Å². The molecule has 1 unspecified atom stereocenters. The number of rotatable bonds is 6. The van der Waals surface area contributed by atoms with Gasteiger partial charge in [0.2, 0.25) is 0 Å². The van der Waals surface area contributed by atoms with Crippen LogP contribution < -0.4 is 0 Å². The van der Waals surface area contributed by atoms with Crippen LogP contribution in [0.2, 0.25) is 0 Å². The summed E-state index contributed by atoms with van der Waals surface area (Å²) >= 11 is 0. The summed E-state index contributed by atoms with van der Waals surface area (Å²) in [4.78, 5) is 13.8. The Balaban J connectivity index is 2.15. The van der Waals surface area contributed by atoms with E-state index >= 15 is 0 Å². The lowest BCUT2D eigenvalue weighted by atomic mass is 10.1. The van der Waals surface area contributed by atoms with Crippen molar-refractivity contribution < 1.29 is 14.6 Å². The van der Waals surface area contributed by atoms with Crippen LogP contribution in [0.4, 0.5) is 0 Å².